The molecule has 2 amide bonds. The first-order valence-corrected chi connectivity index (χ1v) is 11.7. The highest BCUT2D eigenvalue weighted by molar-refractivity contribution is 7.18. The summed E-state index contributed by atoms with van der Waals surface area (Å²) >= 11 is 1.05. The minimum atomic E-state index is -4.42. The third-order valence-electron chi connectivity index (χ3n) is 4.78. The van der Waals surface area contributed by atoms with Crippen LogP contribution in [0.2, 0.25) is 0 Å². The van der Waals surface area contributed by atoms with Crippen LogP contribution in [0.15, 0.2) is 54.6 Å². The lowest BCUT2D eigenvalue weighted by molar-refractivity contribution is -0.137. The van der Waals surface area contributed by atoms with Gasteiger partial charge in [0, 0.05) is 25.1 Å². The number of ether oxygens (including phenoxy) is 1. The SMILES string of the molecule is CC(C)CN(CCC(=O)Nc1nnc(-c2ccc(C(F)(F)F)cc2)s1)C(=O)COc1ccccc1. The zero-order valence-electron chi connectivity index (χ0n) is 19.2. The fourth-order valence-electron chi connectivity index (χ4n) is 3.12. The number of hydrogen-bond acceptors (Lipinski definition) is 6. The molecule has 186 valence electrons. The van der Waals surface area contributed by atoms with Crippen molar-refractivity contribution in [1.82, 2.24) is 15.1 Å². The number of carbonyl (C=O) groups excluding carboxylic acids is 2. The molecule has 0 spiro atoms. The van der Waals surface area contributed by atoms with E-state index in [2.05, 4.69) is 15.5 Å². The van der Waals surface area contributed by atoms with E-state index in [9.17, 15) is 22.8 Å². The van der Waals surface area contributed by atoms with Crippen LogP contribution in [0, 0.1) is 5.92 Å². The lowest BCUT2D eigenvalue weighted by Crippen LogP contribution is -2.39. The van der Waals surface area contributed by atoms with Crippen LogP contribution >= 0.6 is 11.3 Å². The van der Waals surface area contributed by atoms with Crippen molar-refractivity contribution in [3.05, 3.63) is 60.2 Å². The molecule has 0 fully saturated rings. The molecule has 0 radical (unpaired) electrons. The summed E-state index contributed by atoms with van der Waals surface area (Å²) in [5.74, 6) is 0.206. The number of carbonyl (C=O) groups is 2. The number of alkyl halides is 3. The van der Waals surface area contributed by atoms with Crippen molar-refractivity contribution in [3.8, 4) is 16.3 Å². The maximum Gasteiger partial charge on any atom is 0.416 e. The van der Waals surface area contributed by atoms with E-state index in [1.54, 1.807) is 17.0 Å². The van der Waals surface area contributed by atoms with Gasteiger partial charge in [-0.15, -0.1) is 10.2 Å². The molecule has 3 rings (SSSR count). The maximum absolute atomic E-state index is 12.7. The minimum Gasteiger partial charge on any atom is -0.484 e. The summed E-state index contributed by atoms with van der Waals surface area (Å²) in [6, 6.07) is 13.5. The molecule has 0 saturated heterocycles. The Labute approximate surface area is 204 Å². The van der Waals surface area contributed by atoms with E-state index in [-0.39, 0.29) is 42.4 Å². The zero-order valence-corrected chi connectivity index (χ0v) is 20.0. The fraction of sp³-hybridized carbons (Fsp3) is 0.333. The van der Waals surface area contributed by atoms with Gasteiger partial charge in [0.25, 0.3) is 5.91 Å². The Bertz CT molecular complexity index is 1120. The van der Waals surface area contributed by atoms with Gasteiger partial charge in [-0.2, -0.15) is 13.2 Å². The van der Waals surface area contributed by atoms with Crippen molar-refractivity contribution in [2.75, 3.05) is 25.0 Å². The number of benzene rings is 2. The van der Waals surface area contributed by atoms with Crippen molar-refractivity contribution in [2.24, 2.45) is 5.92 Å². The van der Waals surface area contributed by atoms with Gasteiger partial charge < -0.3 is 15.0 Å². The molecule has 0 unspecified atom stereocenters. The third kappa shape index (κ3) is 8.06. The number of rotatable bonds is 10. The summed E-state index contributed by atoms with van der Waals surface area (Å²) in [6.07, 6.45) is -4.38. The summed E-state index contributed by atoms with van der Waals surface area (Å²) in [5.41, 5.74) is -0.294. The topological polar surface area (TPSA) is 84.4 Å². The van der Waals surface area contributed by atoms with E-state index in [4.69, 9.17) is 4.74 Å². The zero-order chi connectivity index (χ0) is 25.4. The van der Waals surface area contributed by atoms with E-state index >= 15 is 0 Å². The normalized spacial score (nSPS) is 11.4. The fourth-order valence-corrected chi connectivity index (χ4v) is 3.89. The molecule has 0 aliphatic heterocycles. The Morgan fingerprint density at radius 1 is 1.06 bits per heavy atom. The van der Waals surface area contributed by atoms with E-state index in [0.717, 1.165) is 23.5 Å². The Morgan fingerprint density at radius 3 is 2.37 bits per heavy atom. The summed E-state index contributed by atoms with van der Waals surface area (Å²) < 4.78 is 43.7. The van der Waals surface area contributed by atoms with Gasteiger partial charge in [0.2, 0.25) is 11.0 Å². The van der Waals surface area contributed by atoms with Crippen LogP contribution in [0.4, 0.5) is 18.3 Å². The lowest BCUT2D eigenvalue weighted by atomic mass is 10.1. The number of nitrogens with zero attached hydrogens (tertiary/aromatic N) is 3. The highest BCUT2D eigenvalue weighted by Gasteiger charge is 2.30. The highest BCUT2D eigenvalue weighted by atomic mass is 32.1. The number of nitrogens with one attached hydrogen (secondary N) is 1. The summed E-state index contributed by atoms with van der Waals surface area (Å²) in [5, 5.41) is 11.1. The van der Waals surface area contributed by atoms with Crippen molar-refractivity contribution in [1.29, 1.82) is 0 Å². The van der Waals surface area contributed by atoms with Gasteiger partial charge in [-0.25, -0.2) is 0 Å². The van der Waals surface area contributed by atoms with Gasteiger partial charge in [0.1, 0.15) is 10.8 Å². The van der Waals surface area contributed by atoms with E-state index in [0.29, 0.717) is 22.9 Å². The summed E-state index contributed by atoms with van der Waals surface area (Å²) in [6.45, 7) is 4.49. The van der Waals surface area contributed by atoms with Crippen molar-refractivity contribution in [3.63, 3.8) is 0 Å². The van der Waals surface area contributed by atoms with Crippen LogP contribution in [-0.4, -0.2) is 46.6 Å². The lowest BCUT2D eigenvalue weighted by Gasteiger charge is -2.24. The molecule has 1 aromatic heterocycles. The second kappa shape index (κ2) is 11.8. The standard InChI is InChI=1S/C24H25F3N4O3S/c1-16(2)14-31(21(33)15-34-19-6-4-3-5-7-19)13-12-20(32)28-23-30-29-22(35-23)17-8-10-18(11-9-17)24(25,26)27/h3-11,16H,12-15H2,1-2H3,(H,28,30,32). The Balaban J connectivity index is 1.53. The van der Waals surface area contributed by atoms with Gasteiger partial charge in [-0.1, -0.05) is 55.5 Å². The minimum absolute atomic E-state index is 0.0407. The number of hydrogen-bond donors (Lipinski definition) is 1. The van der Waals surface area contributed by atoms with Crippen molar-refractivity contribution >= 4 is 28.3 Å². The molecular weight excluding hydrogens is 481 g/mol. The smallest absolute Gasteiger partial charge is 0.416 e. The maximum atomic E-state index is 12.7. The number of amides is 2. The first kappa shape index (κ1) is 26.1. The predicted molar refractivity (Wildman–Crippen MR) is 127 cm³/mol. The molecule has 0 atom stereocenters. The molecule has 1 N–H and O–H groups in total. The summed E-state index contributed by atoms with van der Waals surface area (Å²) in [7, 11) is 0. The van der Waals surface area contributed by atoms with Crippen LogP contribution in [0.3, 0.4) is 0 Å². The predicted octanol–water partition coefficient (Wildman–Crippen LogP) is 5.12. The van der Waals surface area contributed by atoms with Crippen molar-refractivity contribution in [2.45, 2.75) is 26.4 Å². The van der Waals surface area contributed by atoms with Crippen molar-refractivity contribution < 1.29 is 27.5 Å². The van der Waals surface area contributed by atoms with Crippen LogP contribution in [-0.2, 0) is 15.8 Å². The number of aromatic nitrogens is 2. The van der Waals surface area contributed by atoms with Gasteiger partial charge in [0.15, 0.2) is 6.61 Å². The van der Waals surface area contributed by atoms with E-state index < -0.39 is 11.7 Å². The first-order valence-electron chi connectivity index (χ1n) is 10.9. The molecule has 0 aliphatic rings. The van der Waals surface area contributed by atoms with Crippen LogP contribution < -0.4 is 10.1 Å². The first-order chi connectivity index (χ1) is 16.6. The third-order valence-corrected chi connectivity index (χ3v) is 5.67. The van der Waals surface area contributed by atoms with Gasteiger partial charge in [0.05, 0.1) is 5.56 Å². The van der Waals surface area contributed by atoms with Gasteiger partial charge in [-0.3, -0.25) is 9.59 Å². The van der Waals surface area contributed by atoms with Gasteiger partial charge >= 0.3 is 6.18 Å². The molecule has 3 aromatic rings. The second-order valence-corrected chi connectivity index (χ2v) is 9.10. The Hall–Kier alpha value is -3.47. The van der Waals surface area contributed by atoms with Crippen LogP contribution in [0.25, 0.3) is 10.6 Å². The second-order valence-electron chi connectivity index (χ2n) is 8.12. The molecule has 0 aliphatic carbocycles. The average Bonchev–Trinajstić information content (AvgIpc) is 3.28. The monoisotopic (exact) mass is 506 g/mol. The molecule has 0 saturated carbocycles. The van der Waals surface area contributed by atoms with Crippen LogP contribution in [0.5, 0.6) is 5.75 Å². The molecule has 7 nitrogen and oxygen atoms in total. The molecule has 0 bridgehead atoms. The average molecular weight is 507 g/mol. The Kier molecular flexibility index (Phi) is 8.80. The Morgan fingerprint density at radius 2 is 1.74 bits per heavy atom. The van der Waals surface area contributed by atoms with E-state index in [1.165, 1.54) is 12.1 Å². The number of para-hydroxylation sites is 1. The van der Waals surface area contributed by atoms with Gasteiger partial charge in [-0.05, 0) is 30.2 Å². The van der Waals surface area contributed by atoms with Crippen LogP contribution in [0.1, 0.15) is 25.8 Å². The largest absolute Gasteiger partial charge is 0.484 e. The quantitative estimate of drug-likeness (QED) is 0.413. The number of anilines is 1. The van der Waals surface area contributed by atoms with E-state index in [1.807, 2.05) is 32.0 Å². The molecule has 2 aromatic carbocycles. The molecule has 1 heterocycles. The summed E-state index contributed by atoms with van der Waals surface area (Å²) in [4.78, 5) is 26.7. The molecule has 35 heavy (non-hydrogen) atoms. The highest BCUT2D eigenvalue weighted by Crippen LogP contribution is 2.32. The number of halogens is 3. The molecular formula is C24H25F3N4O3S. The molecule has 11 heteroatoms.